The van der Waals surface area contributed by atoms with Gasteiger partial charge in [0.05, 0.1) is 16.7 Å². The van der Waals surface area contributed by atoms with Crippen LogP contribution in [-0.2, 0) is 4.79 Å². The first kappa shape index (κ1) is 18.4. The van der Waals surface area contributed by atoms with Gasteiger partial charge in [0.2, 0.25) is 0 Å². The summed E-state index contributed by atoms with van der Waals surface area (Å²) >= 11 is 0. The van der Waals surface area contributed by atoms with Crippen molar-refractivity contribution in [2.24, 2.45) is 0 Å². The summed E-state index contributed by atoms with van der Waals surface area (Å²) in [6.45, 7) is 0. The molecule has 0 fully saturated rings. The largest absolute Gasteiger partial charge is 0.503 e. The molecule has 1 aliphatic rings. The molecule has 10 heteroatoms. The highest BCUT2D eigenvalue weighted by Crippen LogP contribution is 2.34. The van der Waals surface area contributed by atoms with Crippen molar-refractivity contribution in [2.75, 3.05) is 10.6 Å². The number of fused-ring (bicyclic) bond motifs is 1. The van der Waals surface area contributed by atoms with Gasteiger partial charge in [0.15, 0.2) is 5.76 Å². The van der Waals surface area contributed by atoms with Gasteiger partial charge >= 0.3 is 6.03 Å². The van der Waals surface area contributed by atoms with Crippen LogP contribution < -0.4 is 16.0 Å². The fraction of sp³-hybridized carbons (Fsp3) is 0.0556. The molecule has 2 aromatic rings. The molecule has 28 heavy (non-hydrogen) atoms. The maximum absolute atomic E-state index is 12.3. The zero-order chi connectivity index (χ0) is 20.3. The van der Waals surface area contributed by atoms with Crippen LogP contribution in [0.5, 0.6) is 0 Å². The molecule has 0 spiro atoms. The van der Waals surface area contributed by atoms with Crippen molar-refractivity contribution in [3.8, 4) is 6.07 Å². The average Bonchev–Trinajstić information content (AvgIpc) is 2.77. The number of nitrogens with one attached hydrogen (secondary N) is 3. The standard InChI is InChI=1S/C18H13N5O5/c19-9-10-6-12-13(7-15(10)23(27)28)21-17(25)16(24)8-14(12)22-18(26)20-11-4-2-1-3-5-11/h1-8,14,24H,(H,21,25)(H2,20,22,26). The number of aliphatic hydroxyl groups excluding tert-OH is 1. The predicted octanol–water partition coefficient (Wildman–Crippen LogP) is 2.72. The number of nitro benzene ring substituents is 1. The second-order valence-electron chi connectivity index (χ2n) is 5.77. The van der Waals surface area contributed by atoms with Crippen molar-refractivity contribution < 1.29 is 19.6 Å². The minimum Gasteiger partial charge on any atom is -0.503 e. The molecule has 0 saturated heterocycles. The summed E-state index contributed by atoms with van der Waals surface area (Å²) in [7, 11) is 0. The highest BCUT2D eigenvalue weighted by Gasteiger charge is 2.28. The van der Waals surface area contributed by atoms with E-state index in [9.17, 15) is 30.1 Å². The third-order valence-electron chi connectivity index (χ3n) is 3.94. The summed E-state index contributed by atoms with van der Waals surface area (Å²) in [5.74, 6) is -1.57. The lowest BCUT2D eigenvalue weighted by atomic mass is 10.0. The Kier molecular flexibility index (Phi) is 4.91. The fourth-order valence-electron chi connectivity index (χ4n) is 2.67. The van der Waals surface area contributed by atoms with Crippen LogP contribution in [0, 0.1) is 21.4 Å². The van der Waals surface area contributed by atoms with Gasteiger partial charge in [0, 0.05) is 17.3 Å². The Morgan fingerprint density at radius 1 is 1.29 bits per heavy atom. The normalized spacial score (nSPS) is 15.2. The Morgan fingerprint density at radius 2 is 2.00 bits per heavy atom. The van der Waals surface area contributed by atoms with Crippen molar-refractivity contribution >= 4 is 29.0 Å². The lowest BCUT2D eigenvalue weighted by Crippen LogP contribution is -2.32. The van der Waals surface area contributed by atoms with Gasteiger partial charge in [0.25, 0.3) is 11.6 Å². The third-order valence-corrected chi connectivity index (χ3v) is 3.94. The van der Waals surface area contributed by atoms with E-state index >= 15 is 0 Å². The third kappa shape index (κ3) is 3.73. The summed E-state index contributed by atoms with van der Waals surface area (Å²) in [5.41, 5.74) is -0.0279. The Bertz CT molecular complexity index is 1040. The minimum atomic E-state index is -1.02. The second kappa shape index (κ2) is 7.46. The zero-order valence-electron chi connectivity index (χ0n) is 14.2. The highest BCUT2D eigenvalue weighted by molar-refractivity contribution is 6.04. The lowest BCUT2D eigenvalue weighted by Gasteiger charge is -2.18. The van der Waals surface area contributed by atoms with E-state index in [-0.39, 0.29) is 16.8 Å². The van der Waals surface area contributed by atoms with Crippen LogP contribution in [-0.4, -0.2) is 22.0 Å². The molecule has 140 valence electrons. The molecule has 0 saturated carbocycles. The van der Waals surface area contributed by atoms with E-state index in [1.165, 1.54) is 6.07 Å². The molecule has 3 amide bonds. The number of rotatable bonds is 3. The molecule has 1 unspecified atom stereocenters. The summed E-state index contributed by atoms with van der Waals surface area (Å²) in [5, 5.41) is 37.7. The Labute approximate surface area is 158 Å². The molecule has 0 aromatic heterocycles. The molecule has 3 rings (SSSR count). The molecule has 1 heterocycles. The van der Waals surface area contributed by atoms with E-state index in [2.05, 4.69) is 16.0 Å². The van der Waals surface area contributed by atoms with Gasteiger partial charge in [-0.1, -0.05) is 18.2 Å². The van der Waals surface area contributed by atoms with Crippen LogP contribution in [0.3, 0.4) is 0 Å². The van der Waals surface area contributed by atoms with Gasteiger partial charge in [0.1, 0.15) is 11.6 Å². The number of nitrogens with zero attached hydrogens (tertiary/aromatic N) is 2. The van der Waals surface area contributed by atoms with Crippen molar-refractivity contribution in [3.05, 3.63) is 75.5 Å². The number of urea groups is 1. The fourth-order valence-corrected chi connectivity index (χ4v) is 2.67. The lowest BCUT2D eigenvalue weighted by molar-refractivity contribution is -0.385. The number of para-hydroxylation sites is 1. The highest BCUT2D eigenvalue weighted by atomic mass is 16.6. The first-order valence-electron chi connectivity index (χ1n) is 7.96. The van der Waals surface area contributed by atoms with E-state index < -0.39 is 34.3 Å². The maximum atomic E-state index is 12.3. The van der Waals surface area contributed by atoms with Crippen LogP contribution >= 0.6 is 0 Å². The molecule has 0 aliphatic carbocycles. The van der Waals surface area contributed by atoms with Crippen molar-refractivity contribution in [3.63, 3.8) is 0 Å². The number of aliphatic hydroxyl groups is 1. The second-order valence-corrected chi connectivity index (χ2v) is 5.77. The predicted molar refractivity (Wildman–Crippen MR) is 98.5 cm³/mol. The summed E-state index contributed by atoms with van der Waals surface area (Å²) in [6, 6.07) is 10.8. The molecule has 1 aliphatic heterocycles. The van der Waals surface area contributed by atoms with Gasteiger partial charge in [-0.25, -0.2) is 4.79 Å². The molecule has 10 nitrogen and oxygen atoms in total. The van der Waals surface area contributed by atoms with Gasteiger partial charge in [-0.3, -0.25) is 14.9 Å². The Hall–Kier alpha value is -4.39. The van der Waals surface area contributed by atoms with E-state index in [0.29, 0.717) is 5.69 Å². The van der Waals surface area contributed by atoms with Crippen molar-refractivity contribution in [1.82, 2.24) is 5.32 Å². The number of carbonyl (C=O) groups is 2. The van der Waals surface area contributed by atoms with Crippen LogP contribution in [0.15, 0.2) is 54.3 Å². The van der Waals surface area contributed by atoms with Crippen LogP contribution in [0.2, 0.25) is 0 Å². The monoisotopic (exact) mass is 379 g/mol. The smallest absolute Gasteiger partial charge is 0.319 e. The van der Waals surface area contributed by atoms with Crippen LogP contribution in [0.4, 0.5) is 21.9 Å². The minimum absolute atomic E-state index is 0.000936. The van der Waals surface area contributed by atoms with Crippen LogP contribution in [0.1, 0.15) is 17.2 Å². The van der Waals surface area contributed by atoms with Crippen molar-refractivity contribution in [2.45, 2.75) is 6.04 Å². The van der Waals surface area contributed by atoms with Gasteiger partial charge in [-0.2, -0.15) is 5.26 Å². The van der Waals surface area contributed by atoms with E-state index in [4.69, 9.17) is 0 Å². The molecule has 1 atom stereocenters. The van der Waals surface area contributed by atoms with Gasteiger partial charge in [-0.15, -0.1) is 0 Å². The first-order valence-corrected chi connectivity index (χ1v) is 7.96. The number of hydrogen-bond acceptors (Lipinski definition) is 6. The maximum Gasteiger partial charge on any atom is 0.319 e. The molecule has 0 bridgehead atoms. The van der Waals surface area contributed by atoms with E-state index in [1.807, 2.05) is 0 Å². The molecular weight excluding hydrogens is 366 g/mol. The summed E-state index contributed by atoms with van der Waals surface area (Å²) in [6.07, 6.45) is 1.08. The number of nitro groups is 1. The van der Waals surface area contributed by atoms with Gasteiger partial charge < -0.3 is 21.1 Å². The molecule has 4 N–H and O–H groups in total. The summed E-state index contributed by atoms with van der Waals surface area (Å²) < 4.78 is 0. The van der Waals surface area contributed by atoms with E-state index in [1.54, 1.807) is 36.4 Å². The van der Waals surface area contributed by atoms with Crippen molar-refractivity contribution in [1.29, 1.82) is 5.26 Å². The number of carbonyl (C=O) groups excluding carboxylic acids is 2. The Balaban J connectivity index is 1.98. The number of nitriles is 1. The van der Waals surface area contributed by atoms with E-state index in [0.717, 1.165) is 12.1 Å². The van der Waals surface area contributed by atoms with Gasteiger partial charge in [-0.05, 0) is 24.3 Å². The number of hydrogen-bond donors (Lipinski definition) is 4. The van der Waals surface area contributed by atoms with Crippen LogP contribution in [0.25, 0.3) is 0 Å². The first-order chi connectivity index (χ1) is 13.4. The number of amides is 3. The number of benzene rings is 2. The molecular formula is C18H13N5O5. The average molecular weight is 379 g/mol. The molecule has 2 aromatic carbocycles. The Morgan fingerprint density at radius 3 is 2.64 bits per heavy atom. The summed E-state index contributed by atoms with van der Waals surface area (Å²) in [4.78, 5) is 34.7. The topological polar surface area (TPSA) is 157 Å². The SMILES string of the molecule is N#Cc1cc2c(cc1[N+](=O)[O-])NC(=O)C(O)=CC2NC(=O)Nc1ccccc1. The zero-order valence-corrected chi connectivity index (χ0v) is 14.2. The quantitative estimate of drug-likeness (QED) is 0.474. The molecule has 0 radical (unpaired) electrons. The number of anilines is 2.